The van der Waals surface area contributed by atoms with E-state index in [9.17, 15) is 13.2 Å². The molecule has 7 heteroatoms. The third-order valence-electron chi connectivity index (χ3n) is 3.75. The highest BCUT2D eigenvalue weighted by atomic mass is 79.9. The van der Waals surface area contributed by atoms with E-state index in [-0.39, 0.29) is 17.2 Å². The summed E-state index contributed by atoms with van der Waals surface area (Å²) in [6.45, 7) is 0. The Kier molecular flexibility index (Phi) is 5.93. The Labute approximate surface area is 166 Å². The number of anilines is 2. The molecule has 0 radical (unpaired) electrons. The van der Waals surface area contributed by atoms with Gasteiger partial charge in [0.2, 0.25) is 5.91 Å². The normalized spacial score (nSPS) is 11.0. The van der Waals surface area contributed by atoms with Crippen molar-refractivity contribution in [1.82, 2.24) is 0 Å². The summed E-state index contributed by atoms with van der Waals surface area (Å²) < 4.78 is 28.3. The first kappa shape index (κ1) is 19.1. The van der Waals surface area contributed by atoms with Gasteiger partial charge in [0.25, 0.3) is 10.0 Å². The summed E-state index contributed by atoms with van der Waals surface area (Å²) in [5.41, 5.74) is 1.92. The van der Waals surface area contributed by atoms with Crippen LogP contribution in [0.2, 0.25) is 0 Å². The molecule has 0 atom stereocenters. The third kappa shape index (κ3) is 5.42. The highest BCUT2D eigenvalue weighted by Crippen LogP contribution is 2.20. The van der Waals surface area contributed by atoms with Crippen molar-refractivity contribution >= 4 is 43.2 Å². The molecule has 3 aromatic carbocycles. The maximum atomic E-state index is 12.5. The predicted octanol–water partition coefficient (Wildman–Crippen LogP) is 4.43. The van der Waals surface area contributed by atoms with Crippen LogP contribution in [0.25, 0.3) is 0 Å². The number of rotatable bonds is 6. The number of sulfonamides is 1. The van der Waals surface area contributed by atoms with Gasteiger partial charge in [0.1, 0.15) is 0 Å². The lowest BCUT2D eigenvalue weighted by Gasteiger charge is -2.10. The van der Waals surface area contributed by atoms with Crippen molar-refractivity contribution in [1.29, 1.82) is 0 Å². The lowest BCUT2D eigenvalue weighted by Crippen LogP contribution is -2.15. The molecule has 5 nitrogen and oxygen atoms in total. The fraction of sp³-hybridized carbons (Fsp3) is 0.0500. The molecule has 0 heterocycles. The van der Waals surface area contributed by atoms with Crippen LogP contribution in [0.4, 0.5) is 11.4 Å². The fourth-order valence-electron chi connectivity index (χ4n) is 2.44. The molecular formula is C20H17BrN2O3S. The molecule has 0 bridgehead atoms. The van der Waals surface area contributed by atoms with E-state index >= 15 is 0 Å². The SMILES string of the molecule is O=C(Cc1ccccc1)Nc1ccc(S(=O)(=O)Nc2ccc(Br)cc2)cc1. The minimum absolute atomic E-state index is 0.117. The van der Waals surface area contributed by atoms with Crippen LogP contribution in [0, 0.1) is 0 Å². The van der Waals surface area contributed by atoms with Crippen LogP contribution in [0.15, 0.2) is 88.2 Å². The second kappa shape index (κ2) is 8.37. The van der Waals surface area contributed by atoms with E-state index in [0.29, 0.717) is 11.4 Å². The zero-order valence-corrected chi connectivity index (χ0v) is 16.6. The number of nitrogens with one attached hydrogen (secondary N) is 2. The zero-order chi connectivity index (χ0) is 19.3. The van der Waals surface area contributed by atoms with E-state index in [1.807, 2.05) is 30.3 Å². The van der Waals surface area contributed by atoms with Crippen molar-refractivity contribution in [2.45, 2.75) is 11.3 Å². The first-order valence-corrected chi connectivity index (χ1v) is 10.4. The van der Waals surface area contributed by atoms with Crippen molar-refractivity contribution in [2.75, 3.05) is 10.0 Å². The van der Waals surface area contributed by atoms with Gasteiger partial charge in [0, 0.05) is 15.8 Å². The van der Waals surface area contributed by atoms with Gasteiger partial charge in [-0.15, -0.1) is 0 Å². The highest BCUT2D eigenvalue weighted by Gasteiger charge is 2.14. The highest BCUT2D eigenvalue weighted by molar-refractivity contribution is 9.10. The monoisotopic (exact) mass is 444 g/mol. The maximum absolute atomic E-state index is 12.5. The smallest absolute Gasteiger partial charge is 0.261 e. The van der Waals surface area contributed by atoms with Gasteiger partial charge in [-0.2, -0.15) is 0 Å². The van der Waals surface area contributed by atoms with Crippen LogP contribution in [0.3, 0.4) is 0 Å². The van der Waals surface area contributed by atoms with Gasteiger partial charge >= 0.3 is 0 Å². The van der Waals surface area contributed by atoms with Gasteiger partial charge in [0.15, 0.2) is 0 Å². The number of hydrogen-bond donors (Lipinski definition) is 2. The predicted molar refractivity (Wildman–Crippen MR) is 110 cm³/mol. The lowest BCUT2D eigenvalue weighted by atomic mass is 10.1. The molecular weight excluding hydrogens is 428 g/mol. The Morgan fingerprint density at radius 1 is 0.815 bits per heavy atom. The third-order valence-corrected chi connectivity index (χ3v) is 5.68. The van der Waals surface area contributed by atoms with Gasteiger partial charge in [-0.25, -0.2) is 8.42 Å². The molecule has 2 N–H and O–H groups in total. The van der Waals surface area contributed by atoms with E-state index in [0.717, 1.165) is 10.0 Å². The summed E-state index contributed by atoms with van der Waals surface area (Å²) in [4.78, 5) is 12.2. The number of hydrogen-bond acceptors (Lipinski definition) is 3. The zero-order valence-electron chi connectivity index (χ0n) is 14.2. The molecule has 3 aromatic rings. The minimum Gasteiger partial charge on any atom is -0.326 e. The standard InChI is InChI=1S/C20H17BrN2O3S/c21-16-6-8-18(9-7-16)23-27(25,26)19-12-10-17(11-13-19)22-20(24)14-15-4-2-1-3-5-15/h1-13,23H,14H2,(H,22,24). The maximum Gasteiger partial charge on any atom is 0.261 e. The van der Waals surface area contributed by atoms with Crippen LogP contribution in [-0.4, -0.2) is 14.3 Å². The molecule has 3 rings (SSSR count). The topological polar surface area (TPSA) is 75.3 Å². The molecule has 0 aromatic heterocycles. The number of benzene rings is 3. The van der Waals surface area contributed by atoms with E-state index in [1.54, 1.807) is 36.4 Å². The van der Waals surface area contributed by atoms with Gasteiger partial charge in [0.05, 0.1) is 11.3 Å². The van der Waals surface area contributed by atoms with Crippen molar-refractivity contribution in [3.05, 3.63) is 88.9 Å². The molecule has 0 spiro atoms. The molecule has 1 amide bonds. The summed E-state index contributed by atoms with van der Waals surface area (Å²) in [6.07, 6.45) is 0.256. The number of carbonyl (C=O) groups excluding carboxylic acids is 1. The van der Waals surface area contributed by atoms with Crippen molar-refractivity contribution < 1.29 is 13.2 Å². The summed E-state index contributed by atoms with van der Waals surface area (Å²) in [5, 5.41) is 2.77. The largest absolute Gasteiger partial charge is 0.326 e. The van der Waals surface area contributed by atoms with E-state index in [1.165, 1.54) is 12.1 Å². The second-order valence-electron chi connectivity index (χ2n) is 5.85. The van der Waals surface area contributed by atoms with E-state index < -0.39 is 10.0 Å². The summed E-state index contributed by atoms with van der Waals surface area (Å²) >= 11 is 3.31. The molecule has 0 saturated carbocycles. The Bertz CT molecular complexity index is 1020. The number of carbonyl (C=O) groups is 1. The van der Waals surface area contributed by atoms with Crippen molar-refractivity contribution in [2.24, 2.45) is 0 Å². The molecule has 0 unspecified atom stereocenters. The van der Waals surface area contributed by atoms with Crippen molar-refractivity contribution in [3.63, 3.8) is 0 Å². The van der Waals surface area contributed by atoms with Crippen LogP contribution >= 0.6 is 15.9 Å². The van der Waals surface area contributed by atoms with Gasteiger partial charge < -0.3 is 5.32 Å². The Morgan fingerprint density at radius 2 is 1.41 bits per heavy atom. The molecule has 0 fully saturated rings. The average Bonchev–Trinajstić information content (AvgIpc) is 2.65. The Hall–Kier alpha value is -2.64. The average molecular weight is 445 g/mol. The quantitative estimate of drug-likeness (QED) is 0.590. The number of halogens is 1. The fourth-order valence-corrected chi connectivity index (χ4v) is 3.76. The van der Waals surface area contributed by atoms with E-state index in [2.05, 4.69) is 26.0 Å². The van der Waals surface area contributed by atoms with Crippen LogP contribution in [-0.2, 0) is 21.2 Å². The molecule has 0 aliphatic rings. The number of amides is 1. The Balaban J connectivity index is 1.65. The van der Waals surface area contributed by atoms with Gasteiger partial charge in [-0.1, -0.05) is 46.3 Å². The van der Waals surface area contributed by atoms with Gasteiger partial charge in [-0.3, -0.25) is 9.52 Å². The lowest BCUT2D eigenvalue weighted by molar-refractivity contribution is -0.115. The second-order valence-corrected chi connectivity index (χ2v) is 8.45. The van der Waals surface area contributed by atoms with Crippen LogP contribution in [0.1, 0.15) is 5.56 Å². The van der Waals surface area contributed by atoms with E-state index in [4.69, 9.17) is 0 Å². The summed E-state index contributed by atoms with van der Waals surface area (Å²) in [5.74, 6) is -0.162. The summed E-state index contributed by atoms with van der Waals surface area (Å²) in [6, 6.07) is 22.3. The molecule has 0 aliphatic heterocycles. The first-order valence-electron chi connectivity index (χ1n) is 8.15. The van der Waals surface area contributed by atoms with Crippen molar-refractivity contribution in [3.8, 4) is 0 Å². The van der Waals surface area contributed by atoms with Crippen LogP contribution in [0.5, 0.6) is 0 Å². The molecule has 138 valence electrons. The first-order chi connectivity index (χ1) is 12.9. The summed E-state index contributed by atoms with van der Waals surface area (Å²) in [7, 11) is -3.70. The minimum atomic E-state index is -3.70. The molecule has 27 heavy (non-hydrogen) atoms. The van der Waals surface area contributed by atoms with Gasteiger partial charge in [-0.05, 0) is 54.1 Å². The van der Waals surface area contributed by atoms with Crippen LogP contribution < -0.4 is 10.0 Å². The molecule has 0 saturated heterocycles. The molecule has 0 aliphatic carbocycles. The Morgan fingerprint density at radius 3 is 2.04 bits per heavy atom.